The third-order valence-electron chi connectivity index (χ3n) is 6.91. The highest BCUT2D eigenvalue weighted by molar-refractivity contribution is 5.76. The lowest BCUT2D eigenvalue weighted by Crippen LogP contribution is -2.33. The third-order valence-corrected chi connectivity index (χ3v) is 6.91. The van der Waals surface area contributed by atoms with Gasteiger partial charge in [-0.2, -0.15) is 0 Å². The van der Waals surface area contributed by atoms with Crippen molar-refractivity contribution in [2.24, 2.45) is 11.8 Å². The summed E-state index contributed by atoms with van der Waals surface area (Å²) in [5.74, 6) is 1.87. The van der Waals surface area contributed by atoms with Crippen molar-refractivity contribution in [1.29, 1.82) is 0 Å². The number of likely N-dealkylation sites (N-methyl/N-ethyl adjacent to an activating group) is 1. The first-order valence-electron chi connectivity index (χ1n) is 12.7. The molecule has 1 saturated carbocycles. The lowest BCUT2D eigenvalue weighted by Gasteiger charge is -2.30. The minimum atomic E-state index is 0.296. The molecule has 0 atom stereocenters. The number of nitrogens with zero attached hydrogens (tertiary/aromatic N) is 1. The third kappa shape index (κ3) is 9.05. The number of hydrogen-bond acceptors (Lipinski definition) is 1. The second-order valence-electron chi connectivity index (χ2n) is 9.37. The molecule has 0 heterocycles. The fourth-order valence-electron chi connectivity index (χ4n) is 4.93. The van der Waals surface area contributed by atoms with Crippen LogP contribution in [0.2, 0.25) is 0 Å². The van der Waals surface area contributed by atoms with Gasteiger partial charge in [-0.05, 0) is 81.8 Å². The molecule has 172 valence electrons. The highest BCUT2D eigenvalue weighted by atomic mass is 16.2. The van der Waals surface area contributed by atoms with E-state index in [1.54, 1.807) is 5.57 Å². The van der Waals surface area contributed by atoms with Crippen molar-refractivity contribution >= 4 is 5.91 Å². The average molecular weight is 424 g/mol. The van der Waals surface area contributed by atoms with E-state index in [1.807, 2.05) is 17.9 Å². The number of carbonyl (C=O) groups is 1. The Hall–Kier alpha value is -1.83. The molecule has 1 fully saturated rings. The van der Waals surface area contributed by atoms with Crippen LogP contribution in [-0.2, 0) is 4.79 Å². The fourth-order valence-corrected chi connectivity index (χ4v) is 4.93. The SMILES string of the molecule is C=C(CN(CC)C(=O)CCC1CCC(CC2=CCCC=C2)CC1)/C(=C\C=C/C)CCC. The Morgan fingerprint density at radius 1 is 1.13 bits per heavy atom. The molecule has 0 aromatic rings. The summed E-state index contributed by atoms with van der Waals surface area (Å²) in [6.07, 6.45) is 26.1. The summed E-state index contributed by atoms with van der Waals surface area (Å²) in [6.45, 7) is 12.0. The highest BCUT2D eigenvalue weighted by Crippen LogP contribution is 2.35. The molecule has 2 aliphatic carbocycles. The number of hydrogen-bond donors (Lipinski definition) is 0. The van der Waals surface area contributed by atoms with Crippen molar-refractivity contribution < 1.29 is 4.79 Å². The molecule has 0 bridgehead atoms. The number of allylic oxidation sites excluding steroid dienone is 7. The summed E-state index contributed by atoms with van der Waals surface area (Å²) in [6, 6.07) is 0. The first-order valence-corrected chi connectivity index (χ1v) is 12.7. The predicted octanol–water partition coefficient (Wildman–Crippen LogP) is 7.95. The van der Waals surface area contributed by atoms with Crippen LogP contribution < -0.4 is 0 Å². The Labute approximate surface area is 191 Å². The molecule has 0 aliphatic heterocycles. The van der Waals surface area contributed by atoms with Crippen LogP contribution in [0.1, 0.15) is 91.4 Å². The zero-order valence-corrected chi connectivity index (χ0v) is 20.4. The standard InChI is InChI=1S/C29H45NO/c1-5-8-15-28(12-6-2)24(4)23-30(7-3)29(31)21-20-25-16-18-27(19-17-25)22-26-13-10-9-11-14-26/h5,8,10,13-15,25,27H,4,6-7,9,11-12,16-23H2,1-3H3/b8-5-,28-15-. The number of rotatable bonds is 12. The first kappa shape index (κ1) is 25.4. The van der Waals surface area contributed by atoms with Crippen LogP contribution in [0.15, 0.2) is 59.8 Å². The van der Waals surface area contributed by atoms with Gasteiger partial charge in [0.15, 0.2) is 0 Å². The van der Waals surface area contributed by atoms with Crippen LogP contribution in [-0.4, -0.2) is 23.9 Å². The predicted molar refractivity (Wildman–Crippen MR) is 135 cm³/mol. The molecule has 2 aliphatic rings. The number of amides is 1. The zero-order valence-electron chi connectivity index (χ0n) is 20.4. The second-order valence-corrected chi connectivity index (χ2v) is 9.37. The van der Waals surface area contributed by atoms with Crippen LogP contribution in [0.4, 0.5) is 0 Å². The molecule has 0 unspecified atom stereocenters. The molecule has 0 N–H and O–H groups in total. The van der Waals surface area contributed by atoms with Crippen molar-refractivity contribution in [3.05, 3.63) is 59.8 Å². The Balaban J connectivity index is 1.75. The molecule has 2 heteroatoms. The molecule has 0 aromatic carbocycles. The van der Waals surface area contributed by atoms with E-state index < -0.39 is 0 Å². The minimum absolute atomic E-state index is 0.296. The van der Waals surface area contributed by atoms with Gasteiger partial charge in [0.05, 0.1) is 0 Å². The highest BCUT2D eigenvalue weighted by Gasteiger charge is 2.23. The van der Waals surface area contributed by atoms with Gasteiger partial charge in [0.2, 0.25) is 5.91 Å². The van der Waals surface area contributed by atoms with Crippen LogP contribution in [0, 0.1) is 11.8 Å². The zero-order chi connectivity index (χ0) is 22.5. The fraction of sp³-hybridized carbons (Fsp3) is 0.621. The second kappa shape index (κ2) is 14.3. The largest absolute Gasteiger partial charge is 0.339 e. The molecular weight excluding hydrogens is 378 g/mol. The molecule has 0 aromatic heterocycles. The van der Waals surface area contributed by atoms with Crippen LogP contribution in [0.5, 0.6) is 0 Å². The van der Waals surface area contributed by atoms with E-state index in [0.717, 1.165) is 43.2 Å². The normalized spacial score (nSPS) is 21.9. The Bertz CT molecular complexity index is 686. The van der Waals surface area contributed by atoms with Gasteiger partial charge >= 0.3 is 0 Å². The first-order chi connectivity index (χ1) is 15.1. The lowest BCUT2D eigenvalue weighted by atomic mass is 9.77. The maximum absolute atomic E-state index is 12.9. The lowest BCUT2D eigenvalue weighted by molar-refractivity contribution is -0.131. The molecular formula is C29H45NO. The van der Waals surface area contributed by atoms with Crippen LogP contribution >= 0.6 is 0 Å². The average Bonchev–Trinajstić information content (AvgIpc) is 2.80. The van der Waals surface area contributed by atoms with E-state index in [4.69, 9.17) is 0 Å². The van der Waals surface area contributed by atoms with Crippen molar-refractivity contribution in [3.8, 4) is 0 Å². The van der Waals surface area contributed by atoms with E-state index >= 15 is 0 Å². The maximum Gasteiger partial charge on any atom is 0.222 e. The van der Waals surface area contributed by atoms with Gasteiger partial charge in [0.25, 0.3) is 0 Å². The van der Waals surface area contributed by atoms with Gasteiger partial charge in [-0.25, -0.2) is 0 Å². The summed E-state index contributed by atoms with van der Waals surface area (Å²) >= 11 is 0. The van der Waals surface area contributed by atoms with Gasteiger partial charge < -0.3 is 4.90 Å². The van der Waals surface area contributed by atoms with Gasteiger partial charge in [0, 0.05) is 19.5 Å². The summed E-state index contributed by atoms with van der Waals surface area (Å²) in [4.78, 5) is 14.9. The van der Waals surface area contributed by atoms with E-state index in [9.17, 15) is 4.79 Å². The number of carbonyl (C=O) groups excluding carboxylic acids is 1. The van der Waals surface area contributed by atoms with Gasteiger partial charge in [-0.3, -0.25) is 4.79 Å². The van der Waals surface area contributed by atoms with Crippen molar-refractivity contribution in [2.45, 2.75) is 91.4 Å². The van der Waals surface area contributed by atoms with Gasteiger partial charge in [-0.1, -0.05) is 74.8 Å². The molecule has 2 rings (SSSR count). The summed E-state index contributed by atoms with van der Waals surface area (Å²) < 4.78 is 0. The summed E-state index contributed by atoms with van der Waals surface area (Å²) in [5.41, 5.74) is 3.91. The Kier molecular flexibility index (Phi) is 11.7. The summed E-state index contributed by atoms with van der Waals surface area (Å²) in [7, 11) is 0. The summed E-state index contributed by atoms with van der Waals surface area (Å²) in [5, 5.41) is 0. The van der Waals surface area contributed by atoms with Crippen molar-refractivity contribution in [3.63, 3.8) is 0 Å². The molecule has 2 nitrogen and oxygen atoms in total. The Morgan fingerprint density at radius 3 is 2.48 bits per heavy atom. The minimum Gasteiger partial charge on any atom is -0.339 e. The van der Waals surface area contributed by atoms with E-state index in [1.165, 1.54) is 50.5 Å². The van der Waals surface area contributed by atoms with Crippen molar-refractivity contribution in [2.75, 3.05) is 13.1 Å². The molecule has 31 heavy (non-hydrogen) atoms. The molecule has 0 saturated heterocycles. The van der Waals surface area contributed by atoms with E-state index in [0.29, 0.717) is 18.9 Å². The van der Waals surface area contributed by atoms with Gasteiger partial charge in [0.1, 0.15) is 0 Å². The topological polar surface area (TPSA) is 20.3 Å². The smallest absolute Gasteiger partial charge is 0.222 e. The monoisotopic (exact) mass is 423 g/mol. The van der Waals surface area contributed by atoms with Gasteiger partial charge in [-0.15, -0.1) is 0 Å². The quantitative estimate of drug-likeness (QED) is 0.292. The van der Waals surface area contributed by atoms with Crippen LogP contribution in [0.25, 0.3) is 0 Å². The van der Waals surface area contributed by atoms with Crippen molar-refractivity contribution in [1.82, 2.24) is 4.90 Å². The molecule has 1 amide bonds. The van der Waals surface area contributed by atoms with E-state index in [-0.39, 0.29) is 0 Å². The van der Waals surface area contributed by atoms with E-state index in [2.05, 4.69) is 50.8 Å². The Morgan fingerprint density at radius 2 is 1.87 bits per heavy atom. The van der Waals surface area contributed by atoms with Crippen LogP contribution in [0.3, 0.4) is 0 Å². The maximum atomic E-state index is 12.9. The molecule has 0 spiro atoms. The molecule has 0 radical (unpaired) electrons.